The second kappa shape index (κ2) is 10.4. The zero-order valence-corrected chi connectivity index (χ0v) is 18.5. The maximum absolute atomic E-state index is 5.79. The fraction of sp³-hybridized carbons (Fsp3) is 0.478. The van der Waals surface area contributed by atoms with Crippen molar-refractivity contribution in [2.24, 2.45) is 0 Å². The topological polar surface area (TPSA) is 61.4 Å². The molecule has 0 radical (unpaired) electrons. The molecule has 0 spiro atoms. The Kier molecular flexibility index (Phi) is 7.65. The first kappa shape index (κ1) is 22.1. The summed E-state index contributed by atoms with van der Waals surface area (Å²) < 4.78 is 28.1. The van der Waals surface area contributed by atoms with Crippen LogP contribution in [0.25, 0.3) is 0 Å². The molecule has 1 aliphatic heterocycles. The number of nitrogens with zero attached hydrogens (tertiary/aromatic N) is 1. The maximum Gasteiger partial charge on any atom is 0.164 e. The standard InChI is InChI=1S/C23H32N2O5/c1-26-16-7-8-17(19(13-16)27-2)23(25-11-6-9-24-10-12-25)18-14-21(29-4)22(30-5)15-20(18)28-3/h7-8,13-15,23-24H,6,9-12H2,1-5H3. The minimum atomic E-state index is -0.0829. The van der Waals surface area contributed by atoms with Gasteiger partial charge in [0.2, 0.25) is 0 Å². The Morgan fingerprint density at radius 2 is 1.37 bits per heavy atom. The predicted molar refractivity (Wildman–Crippen MR) is 117 cm³/mol. The normalized spacial score (nSPS) is 15.8. The van der Waals surface area contributed by atoms with E-state index in [0.717, 1.165) is 61.0 Å². The number of methoxy groups -OCH3 is 5. The van der Waals surface area contributed by atoms with Gasteiger partial charge in [-0.25, -0.2) is 0 Å². The van der Waals surface area contributed by atoms with Gasteiger partial charge >= 0.3 is 0 Å². The summed E-state index contributed by atoms with van der Waals surface area (Å²) in [7, 11) is 8.29. The maximum atomic E-state index is 5.79. The first-order valence-corrected chi connectivity index (χ1v) is 10.1. The second-order valence-corrected chi connectivity index (χ2v) is 7.10. The molecule has 0 bridgehead atoms. The highest BCUT2D eigenvalue weighted by atomic mass is 16.5. The van der Waals surface area contributed by atoms with Gasteiger partial charge in [0, 0.05) is 42.9 Å². The molecule has 1 heterocycles. The van der Waals surface area contributed by atoms with Crippen LogP contribution in [0.5, 0.6) is 28.7 Å². The van der Waals surface area contributed by atoms with E-state index in [-0.39, 0.29) is 6.04 Å². The molecule has 1 aliphatic rings. The number of ether oxygens (including phenoxy) is 5. The Morgan fingerprint density at radius 1 is 0.700 bits per heavy atom. The van der Waals surface area contributed by atoms with Gasteiger partial charge in [-0.05, 0) is 31.2 Å². The van der Waals surface area contributed by atoms with Gasteiger partial charge in [-0.3, -0.25) is 4.90 Å². The van der Waals surface area contributed by atoms with E-state index in [4.69, 9.17) is 23.7 Å². The van der Waals surface area contributed by atoms with E-state index in [1.54, 1.807) is 35.5 Å². The molecule has 3 rings (SSSR count). The van der Waals surface area contributed by atoms with Gasteiger partial charge in [-0.2, -0.15) is 0 Å². The van der Waals surface area contributed by atoms with Crippen molar-refractivity contribution in [2.75, 3.05) is 61.7 Å². The Morgan fingerprint density at radius 3 is 2.03 bits per heavy atom. The number of rotatable bonds is 8. The van der Waals surface area contributed by atoms with Crippen LogP contribution < -0.4 is 29.0 Å². The molecule has 1 saturated heterocycles. The minimum absolute atomic E-state index is 0.0829. The van der Waals surface area contributed by atoms with Gasteiger partial charge in [0.15, 0.2) is 11.5 Å². The molecule has 164 valence electrons. The first-order valence-electron chi connectivity index (χ1n) is 10.1. The Hall–Kier alpha value is -2.64. The Labute approximate surface area is 178 Å². The summed E-state index contributed by atoms with van der Waals surface area (Å²) in [6.07, 6.45) is 1.06. The van der Waals surface area contributed by atoms with Crippen LogP contribution in [0.3, 0.4) is 0 Å². The van der Waals surface area contributed by atoms with E-state index in [9.17, 15) is 0 Å². The van der Waals surface area contributed by atoms with E-state index in [2.05, 4.69) is 16.3 Å². The molecule has 1 unspecified atom stereocenters. The van der Waals surface area contributed by atoms with E-state index in [1.165, 1.54) is 0 Å². The SMILES string of the molecule is COc1ccc(C(c2cc(OC)c(OC)cc2OC)N2CCCNCC2)c(OC)c1. The summed E-state index contributed by atoms with van der Waals surface area (Å²) in [5.74, 6) is 3.57. The molecule has 30 heavy (non-hydrogen) atoms. The minimum Gasteiger partial charge on any atom is -0.497 e. The monoisotopic (exact) mass is 416 g/mol. The van der Waals surface area contributed by atoms with Gasteiger partial charge < -0.3 is 29.0 Å². The molecule has 1 N–H and O–H groups in total. The van der Waals surface area contributed by atoms with Crippen LogP contribution >= 0.6 is 0 Å². The van der Waals surface area contributed by atoms with Crippen LogP contribution in [-0.4, -0.2) is 66.6 Å². The lowest BCUT2D eigenvalue weighted by Crippen LogP contribution is -2.33. The van der Waals surface area contributed by atoms with E-state index < -0.39 is 0 Å². The average Bonchev–Trinajstić information content (AvgIpc) is 3.08. The predicted octanol–water partition coefficient (Wildman–Crippen LogP) is 3.11. The second-order valence-electron chi connectivity index (χ2n) is 7.10. The molecular formula is C23H32N2O5. The highest BCUT2D eigenvalue weighted by Gasteiger charge is 2.30. The molecule has 2 aromatic rings. The van der Waals surface area contributed by atoms with E-state index >= 15 is 0 Å². The van der Waals surface area contributed by atoms with Crippen LogP contribution in [-0.2, 0) is 0 Å². The first-order chi connectivity index (χ1) is 14.7. The lowest BCUT2D eigenvalue weighted by atomic mass is 9.94. The highest BCUT2D eigenvalue weighted by molar-refractivity contribution is 5.56. The zero-order chi connectivity index (χ0) is 21.5. The third kappa shape index (κ3) is 4.57. The summed E-state index contributed by atoms with van der Waals surface area (Å²) in [6.45, 7) is 3.78. The van der Waals surface area contributed by atoms with Crippen LogP contribution in [0.15, 0.2) is 30.3 Å². The molecule has 0 aromatic heterocycles. The molecule has 1 atom stereocenters. The van der Waals surface area contributed by atoms with Crippen LogP contribution in [0, 0.1) is 0 Å². The van der Waals surface area contributed by atoms with Crippen molar-refractivity contribution >= 4 is 0 Å². The number of benzene rings is 2. The van der Waals surface area contributed by atoms with Crippen molar-refractivity contribution in [3.8, 4) is 28.7 Å². The summed E-state index contributed by atoms with van der Waals surface area (Å²) in [6, 6.07) is 9.76. The molecule has 2 aromatic carbocycles. The summed E-state index contributed by atoms with van der Waals surface area (Å²) >= 11 is 0. The van der Waals surface area contributed by atoms with Crippen molar-refractivity contribution in [2.45, 2.75) is 12.5 Å². The molecule has 0 amide bonds. The lowest BCUT2D eigenvalue weighted by molar-refractivity contribution is 0.230. The quantitative estimate of drug-likeness (QED) is 0.709. The van der Waals surface area contributed by atoms with Gasteiger partial charge in [0.1, 0.15) is 17.2 Å². The molecule has 0 aliphatic carbocycles. The van der Waals surface area contributed by atoms with E-state index in [0.29, 0.717) is 11.5 Å². The molecule has 7 heteroatoms. The van der Waals surface area contributed by atoms with Crippen LogP contribution in [0.4, 0.5) is 0 Å². The molecular weight excluding hydrogens is 384 g/mol. The summed E-state index contributed by atoms with van der Waals surface area (Å²) in [4.78, 5) is 2.45. The summed E-state index contributed by atoms with van der Waals surface area (Å²) in [5.41, 5.74) is 2.05. The van der Waals surface area contributed by atoms with Crippen molar-refractivity contribution in [1.29, 1.82) is 0 Å². The van der Waals surface area contributed by atoms with Gasteiger partial charge in [-0.1, -0.05) is 0 Å². The van der Waals surface area contributed by atoms with Crippen molar-refractivity contribution in [1.82, 2.24) is 10.2 Å². The smallest absolute Gasteiger partial charge is 0.164 e. The van der Waals surface area contributed by atoms with Gasteiger partial charge in [-0.15, -0.1) is 0 Å². The molecule has 0 saturated carbocycles. The lowest BCUT2D eigenvalue weighted by Gasteiger charge is -2.33. The third-order valence-electron chi connectivity index (χ3n) is 5.51. The third-order valence-corrected chi connectivity index (χ3v) is 5.51. The van der Waals surface area contributed by atoms with Crippen molar-refractivity contribution in [3.05, 3.63) is 41.5 Å². The fourth-order valence-corrected chi connectivity index (χ4v) is 4.00. The van der Waals surface area contributed by atoms with Gasteiger partial charge in [0.05, 0.1) is 41.6 Å². The number of hydrogen-bond donors (Lipinski definition) is 1. The van der Waals surface area contributed by atoms with Crippen LogP contribution in [0.2, 0.25) is 0 Å². The summed E-state index contributed by atoms with van der Waals surface area (Å²) in [5, 5.41) is 3.48. The number of hydrogen-bond acceptors (Lipinski definition) is 7. The molecule has 7 nitrogen and oxygen atoms in total. The van der Waals surface area contributed by atoms with Gasteiger partial charge in [0.25, 0.3) is 0 Å². The largest absolute Gasteiger partial charge is 0.497 e. The van der Waals surface area contributed by atoms with Crippen LogP contribution in [0.1, 0.15) is 23.6 Å². The average molecular weight is 417 g/mol. The van der Waals surface area contributed by atoms with Crippen molar-refractivity contribution in [3.63, 3.8) is 0 Å². The van der Waals surface area contributed by atoms with Crippen molar-refractivity contribution < 1.29 is 23.7 Å². The van der Waals surface area contributed by atoms with E-state index in [1.807, 2.05) is 24.3 Å². The Balaban J connectivity index is 2.20. The zero-order valence-electron chi connectivity index (χ0n) is 18.5. The fourth-order valence-electron chi connectivity index (χ4n) is 4.00. The number of nitrogens with one attached hydrogen (secondary N) is 1. The highest BCUT2D eigenvalue weighted by Crippen LogP contribution is 2.44. The Bertz CT molecular complexity index is 835. The molecule has 1 fully saturated rings.